The van der Waals surface area contributed by atoms with E-state index in [2.05, 4.69) is 4.72 Å². The van der Waals surface area contributed by atoms with Gasteiger partial charge in [-0.1, -0.05) is 55.3 Å². The SMILES string of the molecule is CC(C)S(=O)(=O)N[C@@H]1CCCC[C@@]1(O)c1ccc(OCc2ccccc2)cc1. The van der Waals surface area contributed by atoms with Crippen molar-refractivity contribution in [2.24, 2.45) is 0 Å². The van der Waals surface area contributed by atoms with Crippen molar-refractivity contribution < 1.29 is 18.3 Å². The van der Waals surface area contributed by atoms with Gasteiger partial charge in [0.05, 0.1) is 11.3 Å². The van der Waals surface area contributed by atoms with Gasteiger partial charge >= 0.3 is 0 Å². The van der Waals surface area contributed by atoms with Gasteiger partial charge in [0, 0.05) is 0 Å². The van der Waals surface area contributed by atoms with Crippen molar-refractivity contribution in [2.45, 2.75) is 63.0 Å². The monoisotopic (exact) mass is 403 g/mol. The molecule has 2 aromatic carbocycles. The van der Waals surface area contributed by atoms with Crippen molar-refractivity contribution in [3.63, 3.8) is 0 Å². The van der Waals surface area contributed by atoms with E-state index < -0.39 is 26.9 Å². The maximum Gasteiger partial charge on any atom is 0.214 e. The summed E-state index contributed by atoms with van der Waals surface area (Å²) in [7, 11) is -3.46. The topological polar surface area (TPSA) is 75.6 Å². The van der Waals surface area contributed by atoms with Crippen molar-refractivity contribution >= 4 is 10.0 Å². The fraction of sp³-hybridized carbons (Fsp3) is 0.455. The normalized spacial score (nSPS) is 22.9. The first-order valence-corrected chi connectivity index (χ1v) is 11.4. The van der Waals surface area contributed by atoms with Gasteiger partial charge in [0.1, 0.15) is 18.0 Å². The molecule has 0 aliphatic heterocycles. The zero-order chi connectivity index (χ0) is 20.2. The van der Waals surface area contributed by atoms with E-state index in [1.54, 1.807) is 13.8 Å². The van der Waals surface area contributed by atoms with Crippen molar-refractivity contribution in [1.29, 1.82) is 0 Å². The summed E-state index contributed by atoms with van der Waals surface area (Å²) in [5.41, 5.74) is 0.592. The van der Waals surface area contributed by atoms with Gasteiger partial charge in [-0.25, -0.2) is 13.1 Å². The quantitative estimate of drug-likeness (QED) is 0.739. The van der Waals surface area contributed by atoms with Crippen LogP contribution in [0.4, 0.5) is 0 Å². The molecule has 3 rings (SSSR count). The predicted molar refractivity (Wildman–Crippen MR) is 111 cm³/mol. The Morgan fingerprint density at radius 3 is 2.43 bits per heavy atom. The van der Waals surface area contributed by atoms with Crippen LogP contribution in [0.1, 0.15) is 50.7 Å². The summed E-state index contributed by atoms with van der Waals surface area (Å²) in [6, 6.07) is 16.7. The first kappa shape index (κ1) is 20.8. The van der Waals surface area contributed by atoms with Crippen LogP contribution in [0.25, 0.3) is 0 Å². The third-order valence-corrected chi connectivity index (χ3v) is 7.26. The van der Waals surface area contributed by atoms with Crippen molar-refractivity contribution in [3.8, 4) is 5.75 Å². The second-order valence-electron chi connectivity index (χ2n) is 7.73. The van der Waals surface area contributed by atoms with Crippen LogP contribution in [-0.4, -0.2) is 24.8 Å². The van der Waals surface area contributed by atoms with E-state index in [-0.39, 0.29) is 0 Å². The van der Waals surface area contributed by atoms with Crippen molar-refractivity contribution in [1.82, 2.24) is 4.72 Å². The molecule has 28 heavy (non-hydrogen) atoms. The number of benzene rings is 2. The van der Waals surface area contributed by atoms with Gasteiger partial charge in [0.2, 0.25) is 10.0 Å². The zero-order valence-electron chi connectivity index (χ0n) is 16.5. The van der Waals surface area contributed by atoms with Gasteiger partial charge in [-0.05, 0) is 49.9 Å². The fourth-order valence-electron chi connectivity index (χ4n) is 3.57. The zero-order valence-corrected chi connectivity index (χ0v) is 17.3. The molecule has 0 amide bonds. The second-order valence-corrected chi connectivity index (χ2v) is 10.0. The lowest BCUT2D eigenvalue weighted by Gasteiger charge is -2.41. The van der Waals surface area contributed by atoms with Gasteiger partial charge in [0.25, 0.3) is 0 Å². The molecular weight excluding hydrogens is 374 g/mol. The highest BCUT2D eigenvalue weighted by Gasteiger charge is 2.42. The first-order valence-electron chi connectivity index (χ1n) is 9.82. The molecule has 1 aliphatic rings. The molecule has 0 aromatic heterocycles. The van der Waals surface area contributed by atoms with E-state index in [1.807, 2.05) is 54.6 Å². The molecule has 2 atom stereocenters. The Balaban J connectivity index is 1.74. The number of ether oxygens (including phenoxy) is 1. The Bertz CT molecular complexity index is 865. The van der Waals surface area contributed by atoms with Crippen LogP contribution < -0.4 is 9.46 Å². The summed E-state index contributed by atoms with van der Waals surface area (Å²) >= 11 is 0. The lowest BCUT2D eigenvalue weighted by Crippen LogP contribution is -2.53. The Morgan fingerprint density at radius 2 is 1.79 bits per heavy atom. The van der Waals surface area contributed by atoms with E-state index in [9.17, 15) is 13.5 Å². The van der Waals surface area contributed by atoms with E-state index in [4.69, 9.17) is 4.74 Å². The summed E-state index contributed by atoms with van der Waals surface area (Å²) in [5, 5.41) is 10.8. The van der Waals surface area contributed by atoms with E-state index in [0.717, 1.165) is 24.0 Å². The number of rotatable bonds is 7. The molecule has 0 bridgehead atoms. The van der Waals surface area contributed by atoms with Crippen LogP contribution in [0.2, 0.25) is 0 Å². The van der Waals surface area contributed by atoms with E-state index >= 15 is 0 Å². The standard InChI is InChI=1S/C22H29NO4S/c1-17(2)28(25,26)23-21-10-6-7-15-22(21,24)19-11-13-20(14-12-19)27-16-18-8-4-3-5-9-18/h3-5,8-9,11-14,17,21,23-24H,6-7,10,15-16H2,1-2H3/t21-,22-/m1/s1. The number of aliphatic hydroxyl groups is 1. The van der Waals surface area contributed by atoms with Crippen LogP contribution in [0, 0.1) is 0 Å². The van der Waals surface area contributed by atoms with E-state index in [1.165, 1.54) is 0 Å². The molecule has 0 unspecified atom stereocenters. The number of hydrogen-bond donors (Lipinski definition) is 2. The molecule has 152 valence electrons. The van der Waals surface area contributed by atoms with Crippen LogP contribution in [0.5, 0.6) is 5.75 Å². The Labute approximate surface area is 167 Å². The highest BCUT2D eigenvalue weighted by molar-refractivity contribution is 7.90. The Kier molecular flexibility index (Phi) is 6.43. The van der Waals surface area contributed by atoms with E-state index in [0.29, 0.717) is 25.2 Å². The number of sulfonamides is 1. The highest BCUT2D eigenvalue weighted by atomic mass is 32.2. The Morgan fingerprint density at radius 1 is 1.11 bits per heavy atom. The van der Waals surface area contributed by atoms with Crippen LogP contribution >= 0.6 is 0 Å². The molecule has 1 fully saturated rings. The Hall–Kier alpha value is -1.89. The van der Waals surface area contributed by atoms with Crippen LogP contribution in [0.15, 0.2) is 54.6 Å². The molecular formula is C22H29NO4S. The first-order chi connectivity index (χ1) is 13.3. The minimum atomic E-state index is -3.46. The van der Waals surface area contributed by atoms with Gasteiger partial charge in [-0.2, -0.15) is 0 Å². The maximum atomic E-state index is 12.3. The third kappa shape index (κ3) is 4.74. The third-order valence-electron chi connectivity index (χ3n) is 5.41. The molecule has 0 saturated heterocycles. The molecule has 5 nitrogen and oxygen atoms in total. The van der Waals surface area contributed by atoms with Crippen molar-refractivity contribution in [2.75, 3.05) is 0 Å². The summed E-state index contributed by atoms with van der Waals surface area (Å²) in [6.45, 7) is 3.76. The second kappa shape index (κ2) is 8.64. The summed E-state index contributed by atoms with van der Waals surface area (Å²) < 4.78 is 33.2. The molecule has 0 heterocycles. The highest BCUT2D eigenvalue weighted by Crippen LogP contribution is 2.38. The molecule has 1 saturated carbocycles. The summed E-state index contributed by atoms with van der Waals surface area (Å²) in [5.74, 6) is 0.714. The van der Waals surface area contributed by atoms with Gasteiger partial charge < -0.3 is 9.84 Å². The van der Waals surface area contributed by atoms with Gasteiger partial charge in [0.15, 0.2) is 0 Å². The molecule has 1 aliphatic carbocycles. The van der Waals surface area contributed by atoms with Crippen LogP contribution in [-0.2, 0) is 22.2 Å². The summed E-state index contributed by atoms with van der Waals surface area (Å²) in [6.07, 6.45) is 2.91. The fourth-order valence-corrected chi connectivity index (χ4v) is 4.55. The minimum Gasteiger partial charge on any atom is -0.489 e. The molecule has 0 radical (unpaired) electrons. The lowest BCUT2D eigenvalue weighted by molar-refractivity contribution is -0.0250. The maximum absolute atomic E-state index is 12.3. The average Bonchev–Trinajstić information content (AvgIpc) is 2.69. The average molecular weight is 404 g/mol. The number of nitrogens with one attached hydrogen (secondary N) is 1. The van der Waals surface area contributed by atoms with Gasteiger partial charge in [-0.15, -0.1) is 0 Å². The molecule has 2 aromatic rings. The summed E-state index contributed by atoms with van der Waals surface area (Å²) in [4.78, 5) is 0. The van der Waals surface area contributed by atoms with Gasteiger partial charge in [-0.3, -0.25) is 0 Å². The largest absolute Gasteiger partial charge is 0.489 e. The van der Waals surface area contributed by atoms with Crippen molar-refractivity contribution in [3.05, 3.63) is 65.7 Å². The minimum absolute atomic E-state index is 0.473. The predicted octanol–water partition coefficient (Wildman–Crippen LogP) is 3.72. The molecule has 0 spiro atoms. The van der Waals surface area contributed by atoms with Crippen LogP contribution in [0.3, 0.4) is 0 Å². The smallest absolute Gasteiger partial charge is 0.214 e. The molecule has 2 N–H and O–H groups in total. The molecule has 6 heteroatoms. The lowest BCUT2D eigenvalue weighted by atomic mass is 9.76. The number of hydrogen-bond acceptors (Lipinski definition) is 4.